The van der Waals surface area contributed by atoms with Crippen LogP contribution >= 0.6 is 0 Å². The quantitative estimate of drug-likeness (QED) is 0.208. The van der Waals surface area contributed by atoms with Gasteiger partial charge in [-0.2, -0.15) is 0 Å². The van der Waals surface area contributed by atoms with Gasteiger partial charge in [0.1, 0.15) is 30.5 Å². The molecule has 2 aliphatic rings. The molecular weight excluding hydrogens is 320 g/mol. The van der Waals surface area contributed by atoms with Crippen molar-refractivity contribution in [2.24, 2.45) is 0 Å². The lowest BCUT2D eigenvalue weighted by Gasteiger charge is -2.39. The molecule has 0 bridgehead atoms. The Balaban J connectivity index is 1.92. The number of carbonyl (C=O) groups excluding carboxylic acids is 2. The average Bonchev–Trinajstić information content (AvgIpc) is 2.79. The van der Waals surface area contributed by atoms with Gasteiger partial charge < -0.3 is 44.8 Å². The molecule has 11 nitrogen and oxygen atoms in total. The normalized spacial score (nSPS) is 42.6. The summed E-state index contributed by atoms with van der Waals surface area (Å²) in [6.45, 7) is -1.29. The maximum absolute atomic E-state index is 11.5. The first kappa shape index (κ1) is 18.2. The van der Waals surface area contributed by atoms with E-state index in [2.05, 4.69) is 4.74 Å². The van der Waals surface area contributed by atoms with Crippen LogP contribution in [0, 0.1) is 0 Å². The van der Waals surface area contributed by atoms with Crippen LogP contribution in [0.25, 0.3) is 0 Å². The fraction of sp³-hybridized carbons (Fsp3) is 0.833. The van der Waals surface area contributed by atoms with Gasteiger partial charge in [-0.3, -0.25) is 4.79 Å². The Labute approximate surface area is 129 Å². The molecule has 6 N–H and O–H groups in total. The highest BCUT2D eigenvalue weighted by Gasteiger charge is 2.47. The predicted molar refractivity (Wildman–Crippen MR) is 66.6 cm³/mol. The number of esters is 1. The number of rotatable bonds is 5. The molecule has 2 fully saturated rings. The standard InChI is InChI=1S/C12H18O11/c13-1-4-5(15)6(16)9(19)12(22-4)21-2-3(14)10-7(17)8(18)11(20)23-10/h3-6,8-10,12-16,18-19H,1-2H2/t3-,4+,5-,6-,8?,9+,10+,12+/m0/s1. The Morgan fingerprint density at radius 1 is 1.09 bits per heavy atom. The smallest absolute Gasteiger partial charge is 0.343 e. The molecule has 2 aliphatic heterocycles. The molecule has 0 saturated carbocycles. The molecule has 0 radical (unpaired) electrons. The number of ether oxygens (including phenoxy) is 3. The van der Waals surface area contributed by atoms with Crippen LogP contribution in [0.1, 0.15) is 0 Å². The maximum Gasteiger partial charge on any atom is 0.343 e. The van der Waals surface area contributed by atoms with E-state index in [4.69, 9.17) is 19.7 Å². The van der Waals surface area contributed by atoms with Crippen LogP contribution in [0.2, 0.25) is 0 Å². The number of hydrogen-bond donors (Lipinski definition) is 6. The Morgan fingerprint density at radius 3 is 2.26 bits per heavy atom. The molecule has 0 amide bonds. The second kappa shape index (κ2) is 7.15. The van der Waals surface area contributed by atoms with E-state index in [1.807, 2.05) is 0 Å². The maximum atomic E-state index is 11.5. The van der Waals surface area contributed by atoms with E-state index in [0.29, 0.717) is 0 Å². The minimum atomic E-state index is -1.97. The van der Waals surface area contributed by atoms with Crippen molar-refractivity contribution in [3.05, 3.63) is 0 Å². The summed E-state index contributed by atoms with van der Waals surface area (Å²) in [5, 5.41) is 56.8. The summed E-state index contributed by atoms with van der Waals surface area (Å²) >= 11 is 0. The van der Waals surface area contributed by atoms with Gasteiger partial charge >= 0.3 is 5.97 Å². The first-order valence-corrected chi connectivity index (χ1v) is 6.80. The molecular formula is C12H18O11. The first-order chi connectivity index (χ1) is 10.8. The summed E-state index contributed by atoms with van der Waals surface area (Å²) in [7, 11) is 0. The summed E-state index contributed by atoms with van der Waals surface area (Å²) in [4.78, 5) is 22.5. The molecule has 0 spiro atoms. The first-order valence-electron chi connectivity index (χ1n) is 6.80. The lowest BCUT2D eigenvalue weighted by molar-refractivity contribution is -0.305. The predicted octanol–water partition coefficient (Wildman–Crippen LogP) is -4.98. The van der Waals surface area contributed by atoms with E-state index in [1.54, 1.807) is 0 Å². The van der Waals surface area contributed by atoms with E-state index in [9.17, 15) is 30.0 Å². The lowest BCUT2D eigenvalue weighted by Crippen LogP contribution is -2.59. The van der Waals surface area contributed by atoms with Gasteiger partial charge in [0, 0.05) is 0 Å². The van der Waals surface area contributed by atoms with E-state index in [0.717, 1.165) is 0 Å². The molecule has 2 rings (SSSR count). The SMILES string of the molecule is O=C1O[C@H]([C@@H](O)CO[C@@H]2O[C@H](CO)[C@H](O)[C@H](O)[C@H]2O)C(=O)C1O. The van der Waals surface area contributed by atoms with Crippen LogP contribution in [-0.2, 0) is 23.8 Å². The number of cyclic esters (lactones) is 1. The van der Waals surface area contributed by atoms with E-state index in [-0.39, 0.29) is 0 Å². The Morgan fingerprint density at radius 2 is 1.74 bits per heavy atom. The van der Waals surface area contributed by atoms with Crippen molar-refractivity contribution in [1.82, 2.24) is 0 Å². The Hall–Kier alpha value is -1.18. The zero-order valence-electron chi connectivity index (χ0n) is 11.8. The van der Waals surface area contributed by atoms with Gasteiger partial charge in [0.05, 0.1) is 13.2 Å². The molecule has 0 aliphatic carbocycles. The molecule has 8 atom stereocenters. The highest BCUT2D eigenvalue weighted by Crippen LogP contribution is 2.23. The number of hydrogen-bond acceptors (Lipinski definition) is 11. The third-order valence-corrected chi connectivity index (χ3v) is 3.65. The summed E-state index contributed by atoms with van der Waals surface area (Å²) in [6, 6.07) is 0. The zero-order chi connectivity index (χ0) is 17.3. The summed E-state index contributed by atoms with van der Waals surface area (Å²) in [5.41, 5.74) is 0. The van der Waals surface area contributed by atoms with E-state index >= 15 is 0 Å². The second-order valence-corrected chi connectivity index (χ2v) is 5.26. The van der Waals surface area contributed by atoms with Crippen molar-refractivity contribution in [3.63, 3.8) is 0 Å². The summed E-state index contributed by atoms with van der Waals surface area (Å²) in [6.07, 6.45) is -12.8. The van der Waals surface area contributed by atoms with Crippen LogP contribution < -0.4 is 0 Å². The van der Waals surface area contributed by atoms with Gasteiger partial charge in [-0.15, -0.1) is 0 Å². The van der Waals surface area contributed by atoms with Gasteiger partial charge in [0.15, 0.2) is 12.4 Å². The van der Waals surface area contributed by atoms with Crippen molar-refractivity contribution in [2.75, 3.05) is 13.2 Å². The number of aliphatic hydroxyl groups is 6. The molecule has 0 aromatic rings. The van der Waals surface area contributed by atoms with Crippen LogP contribution in [0.3, 0.4) is 0 Å². The van der Waals surface area contributed by atoms with Crippen LogP contribution in [0.15, 0.2) is 0 Å². The topological polar surface area (TPSA) is 183 Å². The zero-order valence-corrected chi connectivity index (χ0v) is 11.8. The van der Waals surface area contributed by atoms with Crippen LogP contribution in [0.5, 0.6) is 0 Å². The van der Waals surface area contributed by atoms with Crippen LogP contribution in [0.4, 0.5) is 0 Å². The summed E-state index contributed by atoms with van der Waals surface area (Å²) in [5.74, 6) is -2.22. The highest BCUT2D eigenvalue weighted by molar-refractivity contribution is 6.09. The molecule has 11 heteroatoms. The minimum Gasteiger partial charge on any atom is -0.449 e. The van der Waals surface area contributed by atoms with Gasteiger partial charge in [0.2, 0.25) is 11.9 Å². The van der Waals surface area contributed by atoms with Crippen molar-refractivity contribution in [3.8, 4) is 0 Å². The third kappa shape index (κ3) is 3.51. The number of carbonyl (C=O) groups is 2. The average molecular weight is 338 g/mol. The van der Waals surface area contributed by atoms with Gasteiger partial charge in [-0.1, -0.05) is 0 Å². The molecule has 0 aromatic carbocycles. The number of aliphatic hydroxyl groups excluding tert-OH is 6. The number of Topliss-reactive ketones (excluding diaryl/α,β-unsaturated/α-hetero) is 1. The van der Waals surface area contributed by atoms with Crippen molar-refractivity contribution < 1.29 is 54.4 Å². The van der Waals surface area contributed by atoms with E-state index < -0.39 is 74.0 Å². The molecule has 1 unspecified atom stereocenters. The fourth-order valence-corrected chi connectivity index (χ4v) is 2.27. The monoisotopic (exact) mass is 338 g/mol. The van der Waals surface area contributed by atoms with E-state index in [1.165, 1.54) is 0 Å². The summed E-state index contributed by atoms with van der Waals surface area (Å²) < 4.78 is 14.5. The fourth-order valence-electron chi connectivity index (χ4n) is 2.27. The molecule has 2 heterocycles. The number of ketones is 1. The Bertz CT molecular complexity index is 452. The highest BCUT2D eigenvalue weighted by atomic mass is 16.7. The Kier molecular flexibility index (Phi) is 5.65. The minimum absolute atomic E-state index is 0.640. The van der Waals surface area contributed by atoms with Crippen molar-refractivity contribution in [1.29, 1.82) is 0 Å². The van der Waals surface area contributed by atoms with Crippen molar-refractivity contribution >= 4 is 11.8 Å². The van der Waals surface area contributed by atoms with Gasteiger partial charge in [-0.05, 0) is 0 Å². The van der Waals surface area contributed by atoms with Gasteiger partial charge in [-0.25, -0.2) is 4.79 Å². The second-order valence-electron chi connectivity index (χ2n) is 5.26. The van der Waals surface area contributed by atoms with Crippen LogP contribution in [-0.4, -0.2) is 105 Å². The molecule has 0 aromatic heterocycles. The van der Waals surface area contributed by atoms with Crippen molar-refractivity contribution in [2.45, 2.75) is 49.0 Å². The third-order valence-electron chi connectivity index (χ3n) is 3.65. The molecule has 132 valence electrons. The molecule has 23 heavy (non-hydrogen) atoms. The molecule has 2 saturated heterocycles. The van der Waals surface area contributed by atoms with Gasteiger partial charge in [0.25, 0.3) is 0 Å². The lowest BCUT2D eigenvalue weighted by atomic mass is 9.99. The largest absolute Gasteiger partial charge is 0.449 e.